The van der Waals surface area contributed by atoms with Gasteiger partial charge in [-0.05, 0) is 41.2 Å². The highest BCUT2D eigenvalue weighted by atomic mass is 79.9. The molecule has 0 radical (unpaired) electrons. The van der Waals surface area contributed by atoms with Crippen LogP contribution in [0, 0.1) is 0 Å². The standard InChI is InChI=1S/C11H16BrClN2O3S2/c1-11(16,6-19-2)5-15-20(17,18)9-4-7(13)3-8(14)10(9)12/h3-4,15-16H,5-6,14H2,1-2H3. The van der Waals surface area contributed by atoms with Crippen LogP contribution in [0.4, 0.5) is 5.69 Å². The summed E-state index contributed by atoms with van der Waals surface area (Å²) in [4.78, 5) is -0.0533. The Hall–Kier alpha value is 0.01000. The van der Waals surface area contributed by atoms with Crippen molar-refractivity contribution >= 4 is 55.0 Å². The van der Waals surface area contributed by atoms with Crippen molar-refractivity contribution in [3.8, 4) is 0 Å². The highest BCUT2D eigenvalue weighted by Gasteiger charge is 2.25. The number of halogens is 2. The van der Waals surface area contributed by atoms with Crippen LogP contribution in [0.15, 0.2) is 21.5 Å². The SMILES string of the molecule is CSCC(C)(O)CNS(=O)(=O)c1cc(Cl)cc(N)c1Br. The monoisotopic (exact) mass is 402 g/mol. The molecule has 0 aliphatic rings. The number of benzene rings is 1. The summed E-state index contributed by atoms with van der Waals surface area (Å²) >= 11 is 10.4. The molecular formula is C11H16BrClN2O3S2. The fourth-order valence-corrected chi connectivity index (χ4v) is 4.65. The van der Waals surface area contributed by atoms with Crippen molar-refractivity contribution in [3.63, 3.8) is 0 Å². The molecule has 0 amide bonds. The Morgan fingerprint density at radius 1 is 1.55 bits per heavy atom. The molecule has 0 spiro atoms. The predicted octanol–water partition coefficient (Wildman–Crippen LogP) is 2.08. The highest BCUT2D eigenvalue weighted by molar-refractivity contribution is 9.10. The maximum Gasteiger partial charge on any atom is 0.241 e. The van der Waals surface area contributed by atoms with Crippen molar-refractivity contribution in [1.29, 1.82) is 0 Å². The maximum absolute atomic E-state index is 12.2. The molecule has 0 aliphatic heterocycles. The number of aliphatic hydroxyl groups is 1. The van der Waals surface area contributed by atoms with E-state index in [2.05, 4.69) is 20.7 Å². The number of hydrogen-bond donors (Lipinski definition) is 3. The molecule has 4 N–H and O–H groups in total. The lowest BCUT2D eigenvalue weighted by atomic mass is 10.1. The Balaban J connectivity index is 3.01. The molecule has 0 saturated heterocycles. The van der Waals surface area contributed by atoms with E-state index in [4.69, 9.17) is 17.3 Å². The topological polar surface area (TPSA) is 92.4 Å². The first-order valence-electron chi connectivity index (χ1n) is 5.54. The zero-order chi connectivity index (χ0) is 15.6. The Kier molecular flexibility index (Phi) is 6.18. The van der Waals surface area contributed by atoms with Gasteiger partial charge >= 0.3 is 0 Å². The lowest BCUT2D eigenvalue weighted by molar-refractivity contribution is 0.0908. The second kappa shape index (κ2) is 6.85. The number of rotatable bonds is 6. The normalized spacial score (nSPS) is 15.1. The third-order valence-corrected chi connectivity index (χ3v) is 6.12. The van der Waals surface area contributed by atoms with Crippen LogP contribution in [0.2, 0.25) is 5.02 Å². The third kappa shape index (κ3) is 4.78. The highest BCUT2D eigenvalue weighted by Crippen LogP contribution is 2.31. The molecule has 0 aromatic heterocycles. The van der Waals surface area contributed by atoms with E-state index >= 15 is 0 Å². The van der Waals surface area contributed by atoms with Gasteiger partial charge in [-0.25, -0.2) is 13.1 Å². The number of hydrogen-bond acceptors (Lipinski definition) is 5. The summed E-state index contributed by atoms with van der Waals surface area (Å²) in [5.41, 5.74) is 4.77. The molecule has 20 heavy (non-hydrogen) atoms. The molecule has 9 heteroatoms. The average molecular weight is 404 g/mol. The van der Waals surface area contributed by atoms with E-state index in [1.807, 2.05) is 6.26 Å². The molecule has 0 saturated carbocycles. The molecule has 5 nitrogen and oxygen atoms in total. The quantitative estimate of drug-likeness (QED) is 0.632. The minimum atomic E-state index is -3.82. The van der Waals surface area contributed by atoms with Gasteiger partial charge in [0.1, 0.15) is 0 Å². The van der Waals surface area contributed by atoms with Gasteiger partial charge in [0.05, 0.1) is 15.0 Å². The van der Waals surface area contributed by atoms with Crippen LogP contribution in [-0.4, -0.2) is 37.7 Å². The summed E-state index contributed by atoms with van der Waals surface area (Å²) < 4.78 is 27.1. The Morgan fingerprint density at radius 3 is 2.70 bits per heavy atom. The van der Waals surface area contributed by atoms with Crippen molar-refractivity contribution in [2.75, 3.05) is 24.3 Å². The molecule has 0 bridgehead atoms. The van der Waals surface area contributed by atoms with Crippen LogP contribution in [-0.2, 0) is 10.0 Å². The van der Waals surface area contributed by atoms with Crippen LogP contribution in [0.25, 0.3) is 0 Å². The van der Waals surface area contributed by atoms with E-state index in [1.54, 1.807) is 6.92 Å². The molecule has 0 heterocycles. The molecular weight excluding hydrogens is 388 g/mol. The summed E-state index contributed by atoms with van der Waals surface area (Å²) in [5, 5.41) is 10.2. The van der Waals surface area contributed by atoms with Gasteiger partial charge in [0.15, 0.2) is 0 Å². The molecule has 1 unspecified atom stereocenters. The number of anilines is 1. The minimum absolute atomic E-state index is 0.0533. The number of nitrogens with one attached hydrogen (secondary N) is 1. The van der Waals surface area contributed by atoms with Crippen LogP contribution >= 0.6 is 39.3 Å². The van der Waals surface area contributed by atoms with Gasteiger partial charge in [0, 0.05) is 23.0 Å². The van der Waals surface area contributed by atoms with Crippen LogP contribution in [0.5, 0.6) is 0 Å². The smallest absolute Gasteiger partial charge is 0.241 e. The Bertz CT molecular complexity index is 594. The molecule has 1 aromatic carbocycles. The molecule has 114 valence electrons. The van der Waals surface area contributed by atoms with E-state index in [9.17, 15) is 13.5 Å². The van der Waals surface area contributed by atoms with E-state index in [0.717, 1.165) is 0 Å². The largest absolute Gasteiger partial charge is 0.398 e. The van der Waals surface area contributed by atoms with E-state index in [-0.39, 0.29) is 26.6 Å². The molecule has 1 atom stereocenters. The Labute approximate surface area is 136 Å². The second-order valence-electron chi connectivity index (χ2n) is 4.56. The summed E-state index contributed by atoms with van der Waals surface area (Å²) in [7, 11) is -3.82. The summed E-state index contributed by atoms with van der Waals surface area (Å²) in [6, 6.07) is 2.75. The van der Waals surface area contributed by atoms with Gasteiger partial charge in [-0.15, -0.1) is 0 Å². The van der Waals surface area contributed by atoms with Crippen LogP contribution in [0.3, 0.4) is 0 Å². The van der Waals surface area contributed by atoms with Crippen molar-refractivity contribution in [2.45, 2.75) is 17.4 Å². The first-order valence-corrected chi connectivity index (χ1v) is 9.59. The van der Waals surface area contributed by atoms with Crippen molar-refractivity contribution in [1.82, 2.24) is 4.72 Å². The lowest BCUT2D eigenvalue weighted by Crippen LogP contribution is -2.42. The van der Waals surface area contributed by atoms with Gasteiger partial charge < -0.3 is 10.8 Å². The van der Waals surface area contributed by atoms with Gasteiger partial charge in [-0.2, -0.15) is 11.8 Å². The second-order valence-corrected chi connectivity index (χ2v) is 8.39. The molecule has 1 aromatic rings. The third-order valence-electron chi connectivity index (χ3n) is 2.42. The van der Waals surface area contributed by atoms with Gasteiger partial charge in [0.25, 0.3) is 0 Å². The van der Waals surface area contributed by atoms with E-state index in [1.165, 1.54) is 23.9 Å². The van der Waals surface area contributed by atoms with Crippen LogP contribution in [0.1, 0.15) is 6.92 Å². The Morgan fingerprint density at radius 2 is 2.15 bits per heavy atom. The first-order chi connectivity index (χ1) is 9.09. The van der Waals surface area contributed by atoms with Gasteiger partial charge in [-0.1, -0.05) is 11.6 Å². The van der Waals surface area contributed by atoms with Crippen molar-refractivity contribution in [2.24, 2.45) is 0 Å². The number of nitrogen functional groups attached to an aromatic ring is 1. The van der Waals surface area contributed by atoms with Gasteiger partial charge in [0.2, 0.25) is 10.0 Å². The summed E-state index contributed by atoms with van der Waals surface area (Å²) in [5.74, 6) is 0.411. The van der Waals surface area contributed by atoms with Crippen molar-refractivity contribution < 1.29 is 13.5 Å². The van der Waals surface area contributed by atoms with Gasteiger partial charge in [-0.3, -0.25) is 0 Å². The van der Waals surface area contributed by atoms with Crippen LogP contribution < -0.4 is 10.5 Å². The summed E-state index contributed by atoms with van der Waals surface area (Å²) in [6.07, 6.45) is 1.83. The first kappa shape index (κ1) is 18.1. The van der Waals surface area contributed by atoms with E-state index < -0.39 is 15.6 Å². The number of thioether (sulfide) groups is 1. The zero-order valence-electron chi connectivity index (χ0n) is 11.0. The number of nitrogens with two attached hydrogens (primary N) is 1. The minimum Gasteiger partial charge on any atom is -0.398 e. The molecule has 1 rings (SSSR count). The maximum atomic E-state index is 12.2. The predicted molar refractivity (Wildman–Crippen MR) is 87.8 cm³/mol. The molecule has 0 aliphatic carbocycles. The number of sulfonamides is 1. The summed E-state index contributed by atoms with van der Waals surface area (Å²) in [6.45, 7) is 1.46. The fourth-order valence-electron chi connectivity index (χ4n) is 1.47. The van der Waals surface area contributed by atoms with E-state index in [0.29, 0.717) is 5.75 Å². The molecule has 0 fully saturated rings. The van der Waals surface area contributed by atoms with Crippen molar-refractivity contribution in [3.05, 3.63) is 21.6 Å². The average Bonchev–Trinajstić information content (AvgIpc) is 2.31. The lowest BCUT2D eigenvalue weighted by Gasteiger charge is -2.22. The fraction of sp³-hybridized carbons (Fsp3) is 0.455. The zero-order valence-corrected chi connectivity index (χ0v) is 15.0.